The van der Waals surface area contributed by atoms with Crippen molar-refractivity contribution in [3.8, 4) is 12.3 Å². The highest BCUT2D eigenvalue weighted by atomic mass is 13.9. The van der Waals surface area contributed by atoms with E-state index in [4.69, 9.17) is 6.42 Å². The van der Waals surface area contributed by atoms with E-state index in [0.29, 0.717) is 0 Å². The van der Waals surface area contributed by atoms with Gasteiger partial charge in [0, 0.05) is 6.42 Å². The fourth-order valence-electron chi connectivity index (χ4n) is 1.27. The molecule has 0 fully saturated rings. The molecule has 0 N–H and O–H groups in total. The summed E-state index contributed by atoms with van der Waals surface area (Å²) in [5, 5.41) is 0. The summed E-state index contributed by atoms with van der Waals surface area (Å²) in [6.07, 6.45) is 13.9. The maximum Gasteiger partial charge on any atom is 0.00861 e. The van der Waals surface area contributed by atoms with Gasteiger partial charge < -0.3 is 0 Å². The van der Waals surface area contributed by atoms with Crippen LogP contribution in [0.3, 0.4) is 0 Å². The molecule has 0 heteroatoms. The molecule has 0 heterocycles. The van der Waals surface area contributed by atoms with E-state index >= 15 is 0 Å². The van der Waals surface area contributed by atoms with Crippen molar-refractivity contribution in [3.63, 3.8) is 0 Å². The molecule has 0 aromatic heterocycles. The summed E-state index contributed by atoms with van der Waals surface area (Å²) >= 11 is 0. The number of hydrogen-bond donors (Lipinski definition) is 0. The van der Waals surface area contributed by atoms with Crippen LogP contribution in [0.4, 0.5) is 0 Å². The highest BCUT2D eigenvalue weighted by molar-refractivity contribution is 5.48. The zero-order chi connectivity index (χ0) is 10.1. The van der Waals surface area contributed by atoms with Crippen molar-refractivity contribution in [3.05, 3.63) is 42.0 Å². The average molecular weight is 184 g/mol. The molecular weight excluding hydrogens is 168 g/mol. The summed E-state index contributed by atoms with van der Waals surface area (Å²) in [4.78, 5) is 0. The minimum atomic E-state index is 0.902. The van der Waals surface area contributed by atoms with Crippen molar-refractivity contribution in [2.45, 2.75) is 25.7 Å². The molecule has 0 atom stereocenters. The van der Waals surface area contributed by atoms with Gasteiger partial charge in [0.15, 0.2) is 0 Å². The van der Waals surface area contributed by atoms with Crippen LogP contribution in [0, 0.1) is 12.3 Å². The first-order valence-electron chi connectivity index (χ1n) is 5.08. The van der Waals surface area contributed by atoms with Gasteiger partial charge in [-0.25, -0.2) is 0 Å². The second-order valence-corrected chi connectivity index (χ2v) is 3.26. The normalized spacial score (nSPS) is 10.2. The maximum atomic E-state index is 5.17. The zero-order valence-corrected chi connectivity index (χ0v) is 8.45. The molecule has 0 amide bonds. The Morgan fingerprint density at radius 3 is 2.64 bits per heavy atom. The highest BCUT2D eigenvalue weighted by Gasteiger charge is 1.84. The Labute approximate surface area is 86.7 Å². The molecule has 0 saturated heterocycles. The summed E-state index contributed by atoms with van der Waals surface area (Å²) in [5.74, 6) is 2.65. The van der Waals surface area contributed by atoms with Crippen molar-refractivity contribution in [2.75, 3.05) is 0 Å². The van der Waals surface area contributed by atoms with Crippen molar-refractivity contribution in [1.29, 1.82) is 0 Å². The first-order chi connectivity index (χ1) is 6.93. The Bertz CT molecular complexity index is 301. The van der Waals surface area contributed by atoms with Crippen LogP contribution >= 0.6 is 0 Å². The van der Waals surface area contributed by atoms with Crippen LogP contribution in [0.15, 0.2) is 36.4 Å². The molecule has 1 aromatic carbocycles. The lowest BCUT2D eigenvalue weighted by molar-refractivity contribution is 0.773. The van der Waals surface area contributed by atoms with Crippen molar-refractivity contribution < 1.29 is 0 Å². The Balaban J connectivity index is 2.19. The van der Waals surface area contributed by atoms with E-state index in [1.807, 2.05) is 6.07 Å². The SMILES string of the molecule is C#CCCCCC=Cc1ccccc1. The van der Waals surface area contributed by atoms with Gasteiger partial charge in [0.25, 0.3) is 0 Å². The predicted octanol–water partition coefficient (Wildman–Crippen LogP) is 3.89. The third-order valence-electron chi connectivity index (χ3n) is 2.05. The summed E-state index contributed by atoms with van der Waals surface area (Å²) in [5.41, 5.74) is 1.27. The number of terminal acetylenes is 1. The zero-order valence-electron chi connectivity index (χ0n) is 8.45. The Kier molecular flexibility index (Phi) is 5.28. The van der Waals surface area contributed by atoms with Gasteiger partial charge in [0.2, 0.25) is 0 Å². The molecule has 0 nitrogen and oxygen atoms in total. The van der Waals surface area contributed by atoms with E-state index in [9.17, 15) is 0 Å². The third kappa shape index (κ3) is 4.52. The second-order valence-electron chi connectivity index (χ2n) is 3.26. The molecule has 0 spiro atoms. The molecule has 0 bridgehead atoms. The number of unbranched alkanes of at least 4 members (excludes halogenated alkanes) is 3. The molecule has 72 valence electrons. The van der Waals surface area contributed by atoms with Gasteiger partial charge in [-0.1, -0.05) is 42.5 Å². The molecule has 14 heavy (non-hydrogen) atoms. The van der Waals surface area contributed by atoms with E-state index in [1.54, 1.807) is 0 Å². The minimum Gasteiger partial charge on any atom is -0.120 e. The van der Waals surface area contributed by atoms with Gasteiger partial charge in [0.1, 0.15) is 0 Å². The van der Waals surface area contributed by atoms with Crippen LogP contribution in [0.5, 0.6) is 0 Å². The fraction of sp³-hybridized carbons (Fsp3) is 0.286. The molecule has 1 rings (SSSR count). The lowest BCUT2D eigenvalue weighted by Crippen LogP contribution is -1.73. The van der Waals surface area contributed by atoms with E-state index < -0.39 is 0 Å². The van der Waals surface area contributed by atoms with Crippen LogP contribution in [0.25, 0.3) is 6.08 Å². The number of benzene rings is 1. The van der Waals surface area contributed by atoms with E-state index in [2.05, 4.69) is 42.3 Å². The van der Waals surface area contributed by atoms with Gasteiger partial charge in [0.05, 0.1) is 0 Å². The first-order valence-corrected chi connectivity index (χ1v) is 5.08. The molecule has 0 aliphatic heterocycles. The number of rotatable bonds is 5. The smallest absolute Gasteiger partial charge is 0.00861 e. The second kappa shape index (κ2) is 6.97. The summed E-state index contributed by atoms with van der Waals surface area (Å²) < 4.78 is 0. The topological polar surface area (TPSA) is 0 Å². The molecule has 0 aliphatic carbocycles. The summed E-state index contributed by atoms with van der Waals surface area (Å²) in [6, 6.07) is 10.4. The Morgan fingerprint density at radius 2 is 1.93 bits per heavy atom. The van der Waals surface area contributed by atoms with Gasteiger partial charge in [-0.2, -0.15) is 0 Å². The summed E-state index contributed by atoms with van der Waals surface area (Å²) in [6.45, 7) is 0. The highest BCUT2D eigenvalue weighted by Crippen LogP contribution is 2.04. The van der Waals surface area contributed by atoms with Gasteiger partial charge in [-0.3, -0.25) is 0 Å². The van der Waals surface area contributed by atoms with Gasteiger partial charge >= 0.3 is 0 Å². The van der Waals surface area contributed by atoms with Gasteiger partial charge in [-0.15, -0.1) is 12.3 Å². The molecular formula is C14H16. The monoisotopic (exact) mass is 184 g/mol. The van der Waals surface area contributed by atoms with Crippen LogP contribution in [-0.4, -0.2) is 0 Å². The molecule has 1 aromatic rings. The molecule has 0 radical (unpaired) electrons. The van der Waals surface area contributed by atoms with Crippen molar-refractivity contribution >= 4 is 6.08 Å². The van der Waals surface area contributed by atoms with E-state index in [1.165, 1.54) is 12.0 Å². The van der Waals surface area contributed by atoms with E-state index in [0.717, 1.165) is 19.3 Å². The van der Waals surface area contributed by atoms with Crippen LogP contribution in [0.1, 0.15) is 31.2 Å². The lowest BCUT2D eigenvalue weighted by atomic mass is 10.1. The number of allylic oxidation sites excluding steroid dienone is 1. The average Bonchev–Trinajstić information content (AvgIpc) is 2.25. The summed E-state index contributed by atoms with van der Waals surface area (Å²) in [7, 11) is 0. The van der Waals surface area contributed by atoms with Crippen molar-refractivity contribution in [2.24, 2.45) is 0 Å². The largest absolute Gasteiger partial charge is 0.120 e. The first kappa shape index (κ1) is 10.6. The maximum absolute atomic E-state index is 5.17. The van der Waals surface area contributed by atoms with E-state index in [-0.39, 0.29) is 0 Å². The molecule has 0 aliphatic rings. The Morgan fingerprint density at radius 1 is 1.14 bits per heavy atom. The predicted molar refractivity (Wildman–Crippen MR) is 62.8 cm³/mol. The quantitative estimate of drug-likeness (QED) is 0.481. The standard InChI is InChI=1S/C14H16/c1-2-3-4-5-6-8-11-14-12-9-7-10-13-14/h1,7-13H,3-6H2. The molecule has 0 saturated carbocycles. The van der Waals surface area contributed by atoms with Crippen LogP contribution in [0.2, 0.25) is 0 Å². The van der Waals surface area contributed by atoms with Gasteiger partial charge in [-0.05, 0) is 24.8 Å². The third-order valence-corrected chi connectivity index (χ3v) is 2.05. The number of hydrogen-bond acceptors (Lipinski definition) is 0. The molecule has 0 unspecified atom stereocenters. The van der Waals surface area contributed by atoms with Crippen LogP contribution in [-0.2, 0) is 0 Å². The Hall–Kier alpha value is -1.48. The minimum absolute atomic E-state index is 0.902. The van der Waals surface area contributed by atoms with Crippen molar-refractivity contribution in [1.82, 2.24) is 0 Å². The fourth-order valence-corrected chi connectivity index (χ4v) is 1.27. The van der Waals surface area contributed by atoms with Crippen LogP contribution < -0.4 is 0 Å². The lowest BCUT2D eigenvalue weighted by Gasteiger charge is -1.92.